The Hall–Kier alpha value is -1.92. The zero-order chi connectivity index (χ0) is 14.7. The van der Waals surface area contributed by atoms with E-state index in [1.807, 2.05) is 12.2 Å². The van der Waals surface area contributed by atoms with Gasteiger partial charge in [0.2, 0.25) is 0 Å². The number of nitrogens with zero attached hydrogens (tertiary/aromatic N) is 3. The molecule has 0 atom stereocenters. The van der Waals surface area contributed by atoms with Gasteiger partial charge in [0.1, 0.15) is 11.4 Å². The van der Waals surface area contributed by atoms with Crippen molar-refractivity contribution in [3.05, 3.63) is 40.7 Å². The second-order valence-corrected chi connectivity index (χ2v) is 6.15. The van der Waals surface area contributed by atoms with E-state index in [0.29, 0.717) is 10.8 Å². The Morgan fingerprint density at radius 1 is 1.38 bits per heavy atom. The van der Waals surface area contributed by atoms with Crippen LogP contribution in [0.15, 0.2) is 24.4 Å². The highest BCUT2D eigenvalue weighted by atomic mass is 32.1. The molecule has 0 aliphatic carbocycles. The molecule has 3 rings (SSSR count). The molecule has 0 aromatic carbocycles. The number of nitrogens with two attached hydrogens (primary N) is 1. The van der Waals surface area contributed by atoms with Gasteiger partial charge in [-0.05, 0) is 24.6 Å². The first kappa shape index (κ1) is 14.0. The van der Waals surface area contributed by atoms with Crippen molar-refractivity contribution in [1.82, 2.24) is 14.9 Å². The largest absolute Gasteiger partial charge is 0.506 e. The second-order valence-electron chi connectivity index (χ2n) is 5.03. The van der Waals surface area contributed by atoms with Crippen LogP contribution in [-0.2, 0) is 12.8 Å². The topological polar surface area (TPSA) is 75.3 Å². The average Bonchev–Trinajstić information content (AvgIpc) is 2.73. The number of pyridine rings is 1. The van der Waals surface area contributed by atoms with Crippen LogP contribution in [-0.4, -0.2) is 39.6 Å². The fraction of sp³-hybridized carbons (Fsp3) is 0.333. The maximum Gasteiger partial charge on any atom is 0.180 e. The van der Waals surface area contributed by atoms with E-state index in [-0.39, 0.29) is 5.75 Å². The summed E-state index contributed by atoms with van der Waals surface area (Å²) < 4.78 is 0. The second kappa shape index (κ2) is 6.24. The summed E-state index contributed by atoms with van der Waals surface area (Å²) in [6, 6.07) is 3.37. The third-order valence-electron chi connectivity index (χ3n) is 3.57. The molecule has 2 aromatic rings. The minimum absolute atomic E-state index is 0.214. The van der Waals surface area contributed by atoms with Gasteiger partial charge in [0, 0.05) is 37.1 Å². The molecule has 0 unspecified atom stereocenters. The summed E-state index contributed by atoms with van der Waals surface area (Å²) in [6.07, 6.45) is 7.55. The molecule has 0 saturated heterocycles. The summed E-state index contributed by atoms with van der Waals surface area (Å²) >= 11 is 1.61. The number of nitrogen functional groups attached to an aromatic ring is 1. The number of fused-ring (bicyclic) bond motifs is 1. The molecule has 1 aliphatic rings. The Bertz CT molecular complexity index is 627. The zero-order valence-corrected chi connectivity index (χ0v) is 12.5. The van der Waals surface area contributed by atoms with Gasteiger partial charge in [-0.1, -0.05) is 6.08 Å². The first-order chi connectivity index (χ1) is 10.2. The van der Waals surface area contributed by atoms with Gasteiger partial charge in [-0.3, -0.25) is 9.88 Å². The zero-order valence-electron chi connectivity index (χ0n) is 11.7. The highest BCUT2D eigenvalue weighted by Crippen LogP contribution is 2.24. The standard InChI is InChI=1S/C15H18N4OS/c16-15-18-12-5-9-19(10-6-14(12)21-15)8-2-3-11-13(20)4-1-7-17-11/h1-4,7,20H,5-6,8-10H2,(H2,16,18). The van der Waals surface area contributed by atoms with Gasteiger partial charge in [0.05, 0.1) is 5.69 Å². The molecule has 6 heteroatoms. The van der Waals surface area contributed by atoms with Crippen LogP contribution in [0, 0.1) is 0 Å². The molecule has 0 spiro atoms. The van der Waals surface area contributed by atoms with Gasteiger partial charge in [0.15, 0.2) is 5.13 Å². The molecule has 0 fully saturated rings. The Morgan fingerprint density at radius 3 is 3.10 bits per heavy atom. The van der Waals surface area contributed by atoms with Crippen LogP contribution < -0.4 is 5.73 Å². The Labute approximate surface area is 127 Å². The fourth-order valence-electron chi connectivity index (χ4n) is 2.46. The SMILES string of the molecule is Nc1nc2c(s1)CCN(CC=Cc1ncccc1O)CC2. The third-order valence-corrected chi connectivity index (χ3v) is 4.56. The Balaban J connectivity index is 1.58. The molecule has 0 radical (unpaired) electrons. The van der Waals surface area contributed by atoms with Crippen molar-refractivity contribution in [2.75, 3.05) is 25.4 Å². The van der Waals surface area contributed by atoms with Gasteiger partial charge in [-0.25, -0.2) is 4.98 Å². The number of anilines is 1. The predicted molar refractivity (Wildman–Crippen MR) is 85.3 cm³/mol. The summed E-state index contributed by atoms with van der Waals surface area (Å²) in [7, 11) is 0. The van der Waals surface area contributed by atoms with Gasteiger partial charge < -0.3 is 10.8 Å². The van der Waals surface area contributed by atoms with Crippen molar-refractivity contribution >= 4 is 22.5 Å². The van der Waals surface area contributed by atoms with Crippen LogP contribution >= 0.6 is 11.3 Å². The van der Waals surface area contributed by atoms with E-state index in [1.165, 1.54) is 4.88 Å². The predicted octanol–water partition coefficient (Wildman–Crippen LogP) is 1.94. The number of hydrogen-bond donors (Lipinski definition) is 2. The van der Waals surface area contributed by atoms with Crippen molar-refractivity contribution < 1.29 is 5.11 Å². The van der Waals surface area contributed by atoms with Gasteiger partial charge in [-0.2, -0.15) is 0 Å². The van der Waals surface area contributed by atoms with Crippen molar-refractivity contribution in [3.63, 3.8) is 0 Å². The highest BCUT2D eigenvalue weighted by molar-refractivity contribution is 7.15. The van der Waals surface area contributed by atoms with E-state index in [4.69, 9.17) is 5.73 Å². The van der Waals surface area contributed by atoms with Crippen LogP contribution in [0.5, 0.6) is 5.75 Å². The molecular weight excluding hydrogens is 284 g/mol. The molecule has 21 heavy (non-hydrogen) atoms. The van der Waals surface area contributed by atoms with Crippen LogP contribution in [0.2, 0.25) is 0 Å². The smallest absolute Gasteiger partial charge is 0.180 e. The number of aromatic hydroxyl groups is 1. The Morgan fingerprint density at radius 2 is 2.24 bits per heavy atom. The van der Waals surface area contributed by atoms with Crippen molar-refractivity contribution in [2.45, 2.75) is 12.8 Å². The van der Waals surface area contributed by atoms with E-state index >= 15 is 0 Å². The third kappa shape index (κ3) is 3.40. The number of hydrogen-bond acceptors (Lipinski definition) is 6. The summed E-state index contributed by atoms with van der Waals surface area (Å²) in [4.78, 5) is 12.2. The van der Waals surface area contributed by atoms with Crippen LogP contribution in [0.4, 0.5) is 5.13 Å². The van der Waals surface area contributed by atoms with Crippen molar-refractivity contribution in [1.29, 1.82) is 0 Å². The summed E-state index contributed by atoms with van der Waals surface area (Å²) in [5.74, 6) is 0.214. The van der Waals surface area contributed by atoms with Gasteiger partial charge in [-0.15, -0.1) is 11.3 Å². The number of aromatic nitrogens is 2. The van der Waals surface area contributed by atoms with E-state index in [2.05, 4.69) is 14.9 Å². The lowest BCUT2D eigenvalue weighted by atomic mass is 10.2. The molecule has 0 saturated carbocycles. The minimum atomic E-state index is 0.214. The number of thiazole rings is 1. The minimum Gasteiger partial charge on any atom is -0.506 e. The molecule has 5 nitrogen and oxygen atoms in total. The maximum atomic E-state index is 9.66. The van der Waals surface area contributed by atoms with Crippen LogP contribution in [0.3, 0.4) is 0 Å². The lowest BCUT2D eigenvalue weighted by Crippen LogP contribution is -2.26. The molecule has 2 aromatic heterocycles. The Kier molecular flexibility index (Phi) is 4.17. The summed E-state index contributed by atoms with van der Waals surface area (Å²) in [5.41, 5.74) is 7.53. The highest BCUT2D eigenvalue weighted by Gasteiger charge is 2.16. The van der Waals surface area contributed by atoms with E-state index < -0.39 is 0 Å². The summed E-state index contributed by atoms with van der Waals surface area (Å²) in [5, 5.41) is 10.3. The van der Waals surface area contributed by atoms with Gasteiger partial charge >= 0.3 is 0 Å². The monoisotopic (exact) mass is 302 g/mol. The molecule has 0 amide bonds. The molecule has 110 valence electrons. The fourth-order valence-corrected chi connectivity index (χ4v) is 3.33. The molecule has 0 bridgehead atoms. The van der Waals surface area contributed by atoms with Gasteiger partial charge in [0.25, 0.3) is 0 Å². The quantitative estimate of drug-likeness (QED) is 0.906. The lowest BCUT2D eigenvalue weighted by molar-refractivity contribution is 0.318. The average molecular weight is 302 g/mol. The van der Waals surface area contributed by atoms with Crippen molar-refractivity contribution in [3.8, 4) is 5.75 Å². The molecular formula is C15H18N4OS. The lowest BCUT2D eigenvalue weighted by Gasteiger charge is -2.17. The molecule has 3 heterocycles. The first-order valence-electron chi connectivity index (χ1n) is 6.99. The van der Waals surface area contributed by atoms with Crippen LogP contribution in [0.25, 0.3) is 6.08 Å². The van der Waals surface area contributed by atoms with E-state index in [1.54, 1.807) is 29.7 Å². The van der Waals surface area contributed by atoms with Crippen LogP contribution in [0.1, 0.15) is 16.3 Å². The van der Waals surface area contributed by atoms with E-state index in [9.17, 15) is 5.11 Å². The van der Waals surface area contributed by atoms with Crippen molar-refractivity contribution in [2.24, 2.45) is 0 Å². The molecule has 1 aliphatic heterocycles. The molecule has 3 N–H and O–H groups in total. The van der Waals surface area contributed by atoms with E-state index in [0.717, 1.165) is 38.2 Å². The maximum absolute atomic E-state index is 9.66. The normalized spacial score (nSPS) is 16.0. The number of rotatable bonds is 3. The summed E-state index contributed by atoms with van der Waals surface area (Å²) in [6.45, 7) is 2.84. The first-order valence-corrected chi connectivity index (χ1v) is 7.81.